The molecule has 1 aliphatic rings. The van der Waals surface area contributed by atoms with Gasteiger partial charge >= 0.3 is 0 Å². The van der Waals surface area contributed by atoms with Crippen molar-refractivity contribution < 1.29 is 14.0 Å². The number of amides is 2. The predicted octanol–water partition coefficient (Wildman–Crippen LogP) is 2.55. The fourth-order valence-electron chi connectivity index (χ4n) is 3.64. The molecule has 2 heterocycles. The summed E-state index contributed by atoms with van der Waals surface area (Å²) < 4.78 is 13.8. The van der Waals surface area contributed by atoms with E-state index in [4.69, 9.17) is 0 Å². The number of nitrogens with zero attached hydrogens (tertiary/aromatic N) is 6. The Balaban J connectivity index is 1.22. The summed E-state index contributed by atoms with van der Waals surface area (Å²) in [6, 6.07) is 14.1. The van der Waals surface area contributed by atoms with Crippen LogP contribution in [0.3, 0.4) is 0 Å². The highest BCUT2D eigenvalue weighted by atomic mass is 19.1. The fraction of sp³-hybridized carbons (Fsp3) is 0.348. The second kappa shape index (κ2) is 9.67. The highest BCUT2D eigenvalue weighted by molar-refractivity contribution is 5.94. The molecule has 32 heavy (non-hydrogen) atoms. The monoisotopic (exact) mass is 436 g/mol. The Hall–Kier alpha value is -3.62. The highest BCUT2D eigenvalue weighted by Gasteiger charge is 2.25. The summed E-state index contributed by atoms with van der Waals surface area (Å²) in [5.41, 5.74) is 1.74. The molecule has 0 radical (unpaired) electrons. The van der Waals surface area contributed by atoms with Gasteiger partial charge < -0.3 is 9.80 Å². The van der Waals surface area contributed by atoms with Gasteiger partial charge in [-0.2, -0.15) is 4.80 Å². The van der Waals surface area contributed by atoms with Crippen molar-refractivity contribution >= 4 is 11.8 Å². The van der Waals surface area contributed by atoms with Crippen LogP contribution in [0, 0.1) is 12.7 Å². The molecule has 2 aromatic carbocycles. The zero-order valence-corrected chi connectivity index (χ0v) is 17.9. The summed E-state index contributed by atoms with van der Waals surface area (Å²) in [5.74, 6) is 0.0120. The number of benzene rings is 2. The van der Waals surface area contributed by atoms with Crippen LogP contribution in [0.4, 0.5) is 4.39 Å². The smallest absolute Gasteiger partial charge is 0.254 e. The van der Waals surface area contributed by atoms with Gasteiger partial charge in [0, 0.05) is 43.7 Å². The highest BCUT2D eigenvalue weighted by Crippen LogP contribution is 2.15. The standard InChI is InChI=1S/C23H25FN6O2/c1-17-9-10-19(16-20(17)24)23(32)29-14-12-28(13-15-29)21(31)8-5-11-30-26-22(25-27-30)18-6-3-2-4-7-18/h2-4,6-7,9-10,16H,5,8,11-15H2,1H3. The normalized spacial score (nSPS) is 13.9. The number of rotatable bonds is 6. The summed E-state index contributed by atoms with van der Waals surface area (Å²) in [6.45, 7) is 3.98. The molecule has 0 bridgehead atoms. The van der Waals surface area contributed by atoms with Crippen LogP contribution < -0.4 is 0 Å². The fourth-order valence-corrected chi connectivity index (χ4v) is 3.64. The summed E-state index contributed by atoms with van der Waals surface area (Å²) in [6.07, 6.45) is 0.977. The molecule has 3 aromatic rings. The molecule has 166 valence electrons. The molecule has 0 spiro atoms. The third kappa shape index (κ3) is 4.99. The van der Waals surface area contributed by atoms with Crippen LogP contribution in [0.5, 0.6) is 0 Å². The number of carbonyl (C=O) groups is 2. The molecule has 1 aliphatic heterocycles. The SMILES string of the molecule is Cc1ccc(C(=O)N2CCN(C(=O)CCCn3nnc(-c4ccccc4)n3)CC2)cc1F. The maximum absolute atomic E-state index is 13.8. The Morgan fingerprint density at radius 2 is 1.72 bits per heavy atom. The topological polar surface area (TPSA) is 84.2 Å². The number of halogens is 1. The van der Waals surface area contributed by atoms with Gasteiger partial charge in [0.2, 0.25) is 11.7 Å². The zero-order valence-electron chi connectivity index (χ0n) is 17.9. The second-order valence-electron chi connectivity index (χ2n) is 7.82. The van der Waals surface area contributed by atoms with E-state index in [1.807, 2.05) is 30.3 Å². The van der Waals surface area contributed by atoms with Crippen LogP contribution >= 0.6 is 0 Å². The Labute approximate surface area is 185 Å². The van der Waals surface area contributed by atoms with Gasteiger partial charge in [-0.25, -0.2) is 4.39 Å². The number of carbonyl (C=O) groups excluding carboxylic acids is 2. The van der Waals surface area contributed by atoms with Crippen LogP contribution in [0.2, 0.25) is 0 Å². The van der Waals surface area contributed by atoms with E-state index in [9.17, 15) is 14.0 Å². The first-order chi connectivity index (χ1) is 15.5. The van der Waals surface area contributed by atoms with E-state index in [-0.39, 0.29) is 17.6 Å². The van der Waals surface area contributed by atoms with Crippen molar-refractivity contribution in [3.63, 3.8) is 0 Å². The quantitative estimate of drug-likeness (QED) is 0.593. The first-order valence-corrected chi connectivity index (χ1v) is 10.7. The summed E-state index contributed by atoms with van der Waals surface area (Å²) >= 11 is 0. The first-order valence-electron chi connectivity index (χ1n) is 10.7. The average Bonchev–Trinajstić information content (AvgIpc) is 3.30. The molecule has 2 amide bonds. The Morgan fingerprint density at radius 3 is 2.44 bits per heavy atom. The van der Waals surface area contributed by atoms with Gasteiger partial charge in [-0.15, -0.1) is 10.2 Å². The van der Waals surface area contributed by atoms with Gasteiger partial charge in [0.15, 0.2) is 0 Å². The van der Waals surface area contributed by atoms with Crippen LogP contribution in [-0.4, -0.2) is 68.0 Å². The molecular weight excluding hydrogens is 411 g/mol. The molecule has 1 saturated heterocycles. The number of hydrogen-bond donors (Lipinski definition) is 0. The van der Waals surface area contributed by atoms with Gasteiger partial charge in [-0.05, 0) is 36.3 Å². The Bertz CT molecular complexity index is 1090. The van der Waals surface area contributed by atoms with Crippen molar-refractivity contribution in [1.82, 2.24) is 30.0 Å². The lowest BCUT2D eigenvalue weighted by atomic mass is 10.1. The largest absolute Gasteiger partial charge is 0.339 e. The van der Waals surface area contributed by atoms with Crippen molar-refractivity contribution in [2.45, 2.75) is 26.3 Å². The molecule has 1 aromatic heterocycles. The predicted molar refractivity (Wildman–Crippen MR) is 116 cm³/mol. The van der Waals surface area contributed by atoms with Crippen molar-refractivity contribution in [2.24, 2.45) is 0 Å². The first kappa shape index (κ1) is 21.6. The van der Waals surface area contributed by atoms with Crippen LogP contribution in [0.1, 0.15) is 28.8 Å². The van der Waals surface area contributed by atoms with Gasteiger partial charge in [0.1, 0.15) is 5.82 Å². The van der Waals surface area contributed by atoms with Gasteiger partial charge in [0.25, 0.3) is 5.91 Å². The minimum absolute atomic E-state index is 0.0434. The molecule has 9 heteroatoms. The molecule has 4 rings (SSSR count). The molecular formula is C23H25FN6O2. The number of aryl methyl sites for hydroxylation is 2. The lowest BCUT2D eigenvalue weighted by molar-refractivity contribution is -0.132. The van der Waals surface area contributed by atoms with Gasteiger partial charge in [-0.3, -0.25) is 9.59 Å². The number of tetrazole rings is 1. The molecule has 0 unspecified atom stereocenters. The maximum Gasteiger partial charge on any atom is 0.254 e. The molecule has 0 saturated carbocycles. The van der Waals surface area contributed by atoms with Gasteiger partial charge in [0.05, 0.1) is 6.54 Å². The van der Waals surface area contributed by atoms with Crippen LogP contribution in [0.25, 0.3) is 11.4 Å². The lowest BCUT2D eigenvalue weighted by Gasteiger charge is -2.35. The molecule has 0 atom stereocenters. The van der Waals surface area contributed by atoms with Crippen LogP contribution in [0.15, 0.2) is 48.5 Å². The molecule has 1 fully saturated rings. The minimum atomic E-state index is -0.387. The lowest BCUT2D eigenvalue weighted by Crippen LogP contribution is -2.50. The minimum Gasteiger partial charge on any atom is -0.339 e. The molecule has 0 aliphatic carbocycles. The van der Waals surface area contributed by atoms with Crippen molar-refractivity contribution in [3.8, 4) is 11.4 Å². The van der Waals surface area contributed by atoms with E-state index in [0.29, 0.717) is 62.5 Å². The zero-order chi connectivity index (χ0) is 22.5. The third-order valence-corrected chi connectivity index (χ3v) is 5.57. The van der Waals surface area contributed by atoms with Crippen molar-refractivity contribution in [2.75, 3.05) is 26.2 Å². The van der Waals surface area contributed by atoms with Crippen molar-refractivity contribution in [1.29, 1.82) is 0 Å². The van der Waals surface area contributed by atoms with E-state index in [2.05, 4.69) is 15.4 Å². The number of hydrogen-bond acceptors (Lipinski definition) is 5. The Kier molecular flexibility index (Phi) is 6.53. The summed E-state index contributed by atoms with van der Waals surface area (Å²) in [7, 11) is 0. The average molecular weight is 436 g/mol. The third-order valence-electron chi connectivity index (χ3n) is 5.57. The molecule has 8 nitrogen and oxygen atoms in total. The maximum atomic E-state index is 13.8. The van der Waals surface area contributed by atoms with E-state index in [1.54, 1.807) is 28.9 Å². The Morgan fingerprint density at radius 1 is 1.00 bits per heavy atom. The summed E-state index contributed by atoms with van der Waals surface area (Å²) in [4.78, 5) is 30.1. The van der Waals surface area contributed by atoms with E-state index in [1.165, 1.54) is 10.9 Å². The van der Waals surface area contributed by atoms with Crippen molar-refractivity contribution in [3.05, 3.63) is 65.5 Å². The number of aromatic nitrogens is 4. The van der Waals surface area contributed by atoms with E-state index < -0.39 is 0 Å². The van der Waals surface area contributed by atoms with Crippen LogP contribution in [-0.2, 0) is 11.3 Å². The van der Waals surface area contributed by atoms with E-state index in [0.717, 1.165) is 5.56 Å². The van der Waals surface area contributed by atoms with E-state index >= 15 is 0 Å². The second-order valence-corrected chi connectivity index (χ2v) is 7.82. The summed E-state index contributed by atoms with van der Waals surface area (Å²) in [5, 5.41) is 12.5. The number of piperazine rings is 1. The molecule has 0 N–H and O–H groups in total. The van der Waals surface area contributed by atoms with Gasteiger partial charge in [-0.1, -0.05) is 36.4 Å².